The van der Waals surface area contributed by atoms with Crippen LogP contribution >= 0.6 is 23.5 Å². The molecule has 0 bridgehead atoms. The van der Waals surface area contributed by atoms with Gasteiger partial charge in [0.1, 0.15) is 0 Å². The lowest BCUT2D eigenvalue weighted by Crippen LogP contribution is -2.11. The lowest BCUT2D eigenvalue weighted by molar-refractivity contribution is 0.587. The van der Waals surface area contributed by atoms with E-state index >= 15 is 0 Å². The van der Waals surface area contributed by atoms with Crippen LogP contribution in [-0.2, 0) is 5.41 Å². The van der Waals surface area contributed by atoms with Crippen molar-refractivity contribution in [3.63, 3.8) is 0 Å². The van der Waals surface area contributed by atoms with Crippen molar-refractivity contribution in [2.45, 2.75) is 65.5 Å². The van der Waals surface area contributed by atoms with Gasteiger partial charge in [0, 0.05) is 19.6 Å². The van der Waals surface area contributed by atoms with Crippen LogP contribution in [0.3, 0.4) is 0 Å². The Bertz CT molecular complexity index is 678. The maximum Gasteiger partial charge on any atom is 0.0265 e. The van der Waals surface area contributed by atoms with Crippen molar-refractivity contribution in [3.05, 3.63) is 47.5 Å². The molecule has 0 amide bonds. The van der Waals surface area contributed by atoms with E-state index in [1.807, 2.05) is 23.5 Å². The molecule has 21 heavy (non-hydrogen) atoms. The van der Waals surface area contributed by atoms with Gasteiger partial charge >= 0.3 is 0 Å². The predicted molar refractivity (Wildman–Crippen MR) is 93.9 cm³/mol. The number of rotatable bonds is 1. The fraction of sp³-hybridized carbons (Fsp3) is 0.368. The Kier molecular flexibility index (Phi) is 3.87. The molecule has 1 aliphatic rings. The maximum atomic E-state index is 2.37. The molecule has 0 radical (unpaired) electrons. The summed E-state index contributed by atoms with van der Waals surface area (Å²) in [4.78, 5) is 5.59. The van der Waals surface area contributed by atoms with E-state index in [1.165, 1.54) is 30.7 Å². The van der Waals surface area contributed by atoms with Crippen molar-refractivity contribution in [1.82, 2.24) is 0 Å². The van der Waals surface area contributed by atoms with Gasteiger partial charge in [-0.25, -0.2) is 0 Å². The third kappa shape index (κ3) is 3.02. The zero-order valence-electron chi connectivity index (χ0n) is 13.4. The van der Waals surface area contributed by atoms with Gasteiger partial charge in [0.2, 0.25) is 0 Å². The molecule has 0 saturated heterocycles. The third-order valence-corrected chi connectivity index (χ3v) is 6.41. The van der Waals surface area contributed by atoms with Crippen molar-refractivity contribution in [2.24, 2.45) is 0 Å². The second kappa shape index (κ2) is 5.40. The molecule has 2 heteroatoms. The van der Waals surface area contributed by atoms with E-state index in [4.69, 9.17) is 0 Å². The predicted octanol–water partition coefficient (Wildman–Crippen LogP) is 6.72. The topological polar surface area (TPSA) is 0 Å². The summed E-state index contributed by atoms with van der Waals surface area (Å²) in [6, 6.07) is 13.9. The van der Waals surface area contributed by atoms with Gasteiger partial charge < -0.3 is 0 Å². The van der Waals surface area contributed by atoms with Gasteiger partial charge in [0.05, 0.1) is 0 Å². The van der Waals surface area contributed by atoms with Gasteiger partial charge in [-0.3, -0.25) is 0 Å². The van der Waals surface area contributed by atoms with E-state index in [9.17, 15) is 0 Å². The van der Waals surface area contributed by atoms with Crippen LogP contribution in [0.15, 0.2) is 56.0 Å². The van der Waals surface area contributed by atoms with Crippen LogP contribution in [0.4, 0.5) is 0 Å². The number of hydrogen-bond acceptors (Lipinski definition) is 2. The van der Waals surface area contributed by atoms with Crippen LogP contribution in [0.2, 0.25) is 0 Å². The molecule has 110 valence electrons. The molecule has 2 aromatic rings. The number of hydrogen-bond donors (Lipinski definition) is 0. The van der Waals surface area contributed by atoms with Gasteiger partial charge in [-0.1, -0.05) is 70.3 Å². The third-order valence-electron chi connectivity index (χ3n) is 3.88. The first-order valence-corrected chi connectivity index (χ1v) is 9.12. The fourth-order valence-electron chi connectivity index (χ4n) is 2.42. The molecule has 0 unspecified atom stereocenters. The quantitative estimate of drug-likeness (QED) is 0.489. The summed E-state index contributed by atoms with van der Waals surface area (Å²) in [6.45, 7) is 11.3. The van der Waals surface area contributed by atoms with E-state index in [1.54, 1.807) is 0 Å². The van der Waals surface area contributed by atoms with E-state index in [0.29, 0.717) is 5.92 Å². The first kappa shape index (κ1) is 15.1. The molecule has 2 aromatic carbocycles. The van der Waals surface area contributed by atoms with E-state index in [2.05, 4.69) is 71.0 Å². The summed E-state index contributed by atoms with van der Waals surface area (Å²) in [7, 11) is 0. The molecule has 1 heterocycles. The van der Waals surface area contributed by atoms with Crippen LogP contribution < -0.4 is 0 Å². The van der Waals surface area contributed by atoms with Crippen molar-refractivity contribution >= 4 is 23.5 Å². The Balaban J connectivity index is 2.00. The monoisotopic (exact) mass is 314 g/mol. The first-order valence-electron chi connectivity index (χ1n) is 7.49. The number of fused-ring (bicyclic) bond motifs is 2. The van der Waals surface area contributed by atoms with Crippen molar-refractivity contribution < 1.29 is 0 Å². The second-order valence-corrected chi connectivity index (χ2v) is 9.14. The summed E-state index contributed by atoms with van der Waals surface area (Å²) < 4.78 is 0. The molecule has 1 aliphatic heterocycles. The minimum absolute atomic E-state index is 0.209. The van der Waals surface area contributed by atoms with Gasteiger partial charge in [0.25, 0.3) is 0 Å². The summed E-state index contributed by atoms with van der Waals surface area (Å²) >= 11 is 3.82. The standard InChI is InChI=1S/C19H22S2/c1-12(2)13-6-8-15-17(10-13)21-18-11-14(19(3,4)5)7-9-16(18)20-15/h6-12H,1-5H3. The summed E-state index contributed by atoms with van der Waals surface area (Å²) in [6.07, 6.45) is 0. The molecule has 0 N–H and O–H groups in total. The van der Waals surface area contributed by atoms with Crippen LogP contribution in [0.1, 0.15) is 51.7 Å². The van der Waals surface area contributed by atoms with Crippen LogP contribution in [0.25, 0.3) is 0 Å². The molecule has 0 nitrogen and oxygen atoms in total. The Morgan fingerprint density at radius 2 is 1.33 bits per heavy atom. The molecule has 0 atom stereocenters. The highest BCUT2D eigenvalue weighted by atomic mass is 32.2. The van der Waals surface area contributed by atoms with Crippen molar-refractivity contribution in [1.29, 1.82) is 0 Å². The molecule has 3 rings (SSSR count). The first-order chi connectivity index (χ1) is 9.84. The average molecular weight is 315 g/mol. The smallest absolute Gasteiger partial charge is 0.0265 e. The Hall–Kier alpha value is -0.860. The highest BCUT2D eigenvalue weighted by molar-refractivity contribution is 8.05. The molecule has 0 saturated carbocycles. The minimum Gasteiger partial charge on any atom is -0.0877 e. The van der Waals surface area contributed by atoms with Crippen LogP contribution in [0.5, 0.6) is 0 Å². The minimum atomic E-state index is 0.209. The van der Waals surface area contributed by atoms with Crippen LogP contribution in [-0.4, -0.2) is 0 Å². The van der Waals surface area contributed by atoms with Gasteiger partial charge in [0.15, 0.2) is 0 Å². The highest BCUT2D eigenvalue weighted by Crippen LogP contribution is 2.49. The largest absolute Gasteiger partial charge is 0.0877 e. The van der Waals surface area contributed by atoms with Crippen molar-refractivity contribution in [2.75, 3.05) is 0 Å². The average Bonchev–Trinajstić information content (AvgIpc) is 2.42. The van der Waals surface area contributed by atoms with E-state index < -0.39 is 0 Å². The maximum absolute atomic E-state index is 2.37. The molecular weight excluding hydrogens is 292 g/mol. The fourth-order valence-corrected chi connectivity index (χ4v) is 4.71. The van der Waals surface area contributed by atoms with Gasteiger partial charge in [-0.05, 0) is 46.7 Å². The normalized spacial score (nSPS) is 14.0. The summed E-state index contributed by atoms with van der Waals surface area (Å²) in [5.74, 6) is 0.586. The lowest BCUT2D eigenvalue weighted by Gasteiger charge is -2.24. The zero-order valence-corrected chi connectivity index (χ0v) is 15.0. The zero-order chi connectivity index (χ0) is 15.2. The van der Waals surface area contributed by atoms with Crippen molar-refractivity contribution in [3.8, 4) is 0 Å². The highest BCUT2D eigenvalue weighted by Gasteiger charge is 2.21. The molecular formula is C19H22S2. The summed E-state index contributed by atoms with van der Waals surface area (Å²) in [5.41, 5.74) is 3.05. The second-order valence-electron chi connectivity index (χ2n) is 6.98. The number of benzene rings is 2. The summed E-state index contributed by atoms with van der Waals surface area (Å²) in [5, 5.41) is 0. The molecule has 0 spiro atoms. The Morgan fingerprint density at radius 1 is 0.762 bits per heavy atom. The van der Waals surface area contributed by atoms with Gasteiger partial charge in [-0.2, -0.15) is 0 Å². The molecule has 0 aromatic heterocycles. The molecule has 0 aliphatic carbocycles. The van der Waals surface area contributed by atoms with E-state index in [-0.39, 0.29) is 5.41 Å². The Labute approximate surface area is 136 Å². The van der Waals surface area contributed by atoms with Gasteiger partial charge in [-0.15, -0.1) is 0 Å². The van der Waals surface area contributed by atoms with Crippen LogP contribution in [0, 0.1) is 0 Å². The Morgan fingerprint density at radius 3 is 1.95 bits per heavy atom. The lowest BCUT2D eigenvalue weighted by atomic mass is 9.87. The SMILES string of the molecule is CC(C)c1ccc2c(c1)Sc1cc(C(C)(C)C)ccc1S2. The molecule has 0 fully saturated rings. The van der Waals surface area contributed by atoms with E-state index in [0.717, 1.165) is 0 Å².